The second-order valence-corrected chi connectivity index (χ2v) is 8.51. The summed E-state index contributed by atoms with van der Waals surface area (Å²) in [6, 6.07) is 22.0. The van der Waals surface area contributed by atoms with E-state index in [0.717, 1.165) is 16.7 Å². The normalized spacial score (nSPS) is 15.2. The highest BCUT2D eigenvalue weighted by molar-refractivity contribution is 7.80. The number of methoxy groups -OCH3 is 1. The number of hydrogen-bond donors (Lipinski definition) is 2. The number of hydrogen-bond acceptors (Lipinski definition) is 5. The Morgan fingerprint density at radius 3 is 2.49 bits per heavy atom. The van der Waals surface area contributed by atoms with Crippen LogP contribution in [0.1, 0.15) is 29.7 Å². The van der Waals surface area contributed by atoms with Gasteiger partial charge in [0.1, 0.15) is 6.61 Å². The lowest BCUT2D eigenvalue weighted by Gasteiger charge is -2.31. The summed E-state index contributed by atoms with van der Waals surface area (Å²) in [7, 11) is 1.57. The molecule has 0 aromatic heterocycles. The van der Waals surface area contributed by atoms with E-state index in [4.69, 9.17) is 38.0 Å². The predicted octanol–water partition coefficient (Wildman–Crippen LogP) is 5.42. The molecule has 2 N–H and O–H groups in total. The van der Waals surface area contributed by atoms with Gasteiger partial charge in [0.15, 0.2) is 16.6 Å². The molecule has 0 radical (unpaired) electrons. The maximum atomic E-state index is 13.1. The standard InChI is InChI=1S/C27H25ClN2O4S/c1-3-33-26(31)23-24(17-9-5-4-6-10-17)29-27(35)30-25(23)18-13-14-21(22(15-18)32-2)34-16-19-11-7-8-12-20(19)28/h4-15,25H,3,16H2,1-2H3,(H2,29,30,35)/t25-/m0/s1. The highest BCUT2D eigenvalue weighted by atomic mass is 35.5. The van der Waals surface area contributed by atoms with Gasteiger partial charge in [0, 0.05) is 10.6 Å². The van der Waals surface area contributed by atoms with Crippen LogP contribution >= 0.6 is 23.8 Å². The molecule has 0 aliphatic carbocycles. The number of carbonyl (C=O) groups is 1. The van der Waals surface area contributed by atoms with E-state index < -0.39 is 12.0 Å². The summed E-state index contributed by atoms with van der Waals surface area (Å²) in [4.78, 5) is 13.1. The van der Waals surface area contributed by atoms with Crippen LogP contribution in [0.5, 0.6) is 11.5 Å². The number of thiocarbonyl (C=S) groups is 1. The van der Waals surface area contributed by atoms with Gasteiger partial charge in [-0.15, -0.1) is 0 Å². The van der Waals surface area contributed by atoms with E-state index in [0.29, 0.717) is 32.9 Å². The van der Waals surface area contributed by atoms with Crippen molar-refractivity contribution in [1.29, 1.82) is 0 Å². The van der Waals surface area contributed by atoms with Crippen molar-refractivity contribution in [1.82, 2.24) is 10.6 Å². The van der Waals surface area contributed by atoms with Crippen molar-refractivity contribution >= 4 is 40.6 Å². The summed E-state index contributed by atoms with van der Waals surface area (Å²) < 4.78 is 17.0. The Bertz CT molecular complexity index is 1260. The molecule has 3 aromatic carbocycles. The minimum absolute atomic E-state index is 0.250. The number of nitrogens with one attached hydrogen (secondary N) is 2. The van der Waals surface area contributed by atoms with Crippen molar-refractivity contribution < 1.29 is 19.0 Å². The molecule has 6 nitrogen and oxygen atoms in total. The molecular formula is C27H25ClN2O4S. The molecular weight excluding hydrogens is 484 g/mol. The molecule has 0 unspecified atom stereocenters. The van der Waals surface area contributed by atoms with Crippen LogP contribution < -0.4 is 20.1 Å². The minimum atomic E-state index is -0.551. The molecule has 1 aliphatic rings. The first-order valence-electron chi connectivity index (χ1n) is 11.1. The van der Waals surface area contributed by atoms with Gasteiger partial charge in [-0.3, -0.25) is 0 Å². The molecule has 0 spiro atoms. The zero-order valence-electron chi connectivity index (χ0n) is 19.3. The summed E-state index contributed by atoms with van der Waals surface area (Å²) in [5, 5.41) is 7.38. The van der Waals surface area contributed by atoms with E-state index in [1.165, 1.54) is 0 Å². The first-order valence-corrected chi connectivity index (χ1v) is 11.9. The fourth-order valence-corrected chi connectivity index (χ4v) is 4.24. The highest BCUT2D eigenvalue weighted by Gasteiger charge is 2.33. The third-order valence-electron chi connectivity index (χ3n) is 5.49. The van der Waals surface area contributed by atoms with Gasteiger partial charge in [-0.2, -0.15) is 0 Å². The lowest BCUT2D eigenvalue weighted by molar-refractivity contribution is -0.138. The third-order valence-corrected chi connectivity index (χ3v) is 6.08. The number of carbonyl (C=O) groups excluding carboxylic acids is 1. The average Bonchev–Trinajstić information content (AvgIpc) is 2.88. The third kappa shape index (κ3) is 5.58. The summed E-state index contributed by atoms with van der Waals surface area (Å²) in [5.74, 6) is 0.639. The topological polar surface area (TPSA) is 68.8 Å². The Balaban J connectivity index is 1.71. The van der Waals surface area contributed by atoms with Gasteiger partial charge >= 0.3 is 5.97 Å². The second-order valence-electron chi connectivity index (χ2n) is 7.70. The van der Waals surface area contributed by atoms with Crippen LogP contribution in [0.15, 0.2) is 78.4 Å². The Morgan fingerprint density at radius 1 is 1.03 bits per heavy atom. The zero-order chi connectivity index (χ0) is 24.8. The van der Waals surface area contributed by atoms with E-state index in [-0.39, 0.29) is 13.2 Å². The van der Waals surface area contributed by atoms with Crippen LogP contribution in [-0.2, 0) is 16.1 Å². The van der Waals surface area contributed by atoms with E-state index in [9.17, 15) is 4.79 Å². The van der Waals surface area contributed by atoms with Crippen LogP contribution in [0.2, 0.25) is 5.02 Å². The highest BCUT2D eigenvalue weighted by Crippen LogP contribution is 2.37. The van der Waals surface area contributed by atoms with E-state index in [2.05, 4.69) is 10.6 Å². The molecule has 4 rings (SSSR count). The molecule has 0 bridgehead atoms. The van der Waals surface area contributed by atoms with Crippen LogP contribution in [-0.4, -0.2) is 24.8 Å². The van der Waals surface area contributed by atoms with Crippen LogP contribution in [0, 0.1) is 0 Å². The lowest BCUT2D eigenvalue weighted by atomic mass is 9.92. The molecule has 180 valence electrons. The number of rotatable bonds is 8. The number of benzene rings is 3. The van der Waals surface area contributed by atoms with Gasteiger partial charge in [-0.25, -0.2) is 4.79 Å². The quantitative estimate of drug-likeness (QED) is 0.311. The van der Waals surface area contributed by atoms with Crippen molar-refractivity contribution in [3.63, 3.8) is 0 Å². The summed E-state index contributed by atoms with van der Waals surface area (Å²) >= 11 is 11.7. The first kappa shape index (κ1) is 24.6. The Labute approximate surface area is 214 Å². The lowest BCUT2D eigenvalue weighted by Crippen LogP contribution is -2.45. The van der Waals surface area contributed by atoms with Crippen LogP contribution in [0.3, 0.4) is 0 Å². The van der Waals surface area contributed by atoms with Crippen molar-refractivity contribution in [3.05, 3.63) is 100 Å². The monoisotopic (exact) mass is 508 g/mol. The maximum Gasteiger partial charge on any atom is 0.338 e. The van der Waals surface area contributed by atoms with Crippen molar-refractivity contribution in [2.45, 2.75) is 19.6 Å². The molecule has 0 saturated heterocycles. The van der Waals surface area contributed by atoms with E-state index >= 15 is 0 Å². The van der Waals surface area contributed by atoms with Gasteiger partial charge in [-0.05, 0) is 48.5 Å². The minimum Gasteiger partial charge on any atom is -0.493 e. The predicted molar refractivity (Wildman–Crippen MR) is 140 cm³/mol. The van der Waals surface area contributed by atoms with Crippen molar-refractivity contribution in [2.24, 2.45) is 0 Å². The Kier molecular flexibility index (Phi) is 7.90. The SMILES string of the molecule is CCOC(=O)C1=C(c2ccccc2)NC(=S)N[C@H]1c1ccc(OCc2ccccc2Cl)c(OC)c1. The smallest absolute Gasteiger partial charge is 0.338 e. The molecule has 3 aromatic rings. The summed E-state index contributed by atoms with van der Waals surface area (Å²) in [6.07, 6.45) is 0. The largest absolute Gasteiger partial charge is 0.493 e. The summed E-state index contributed by atoms with van der Waals surface area (Å²) in [5.41, 5.74) is 3.50. The number of halogens is 1. The van der Waals surface area contributed by atoms with Gasteiger partial charge in [0.2, 0.25) is 0 Å². The molecule has 1 heterocycles. The number of ether oxygens (including phenoxy) is 3. The van der Waals surface area contributed by atoms with Gasteiger partial charge in [0.25, 0.3) is 0 Å². The van der Waals surface area contributed by atoms with E-state index in [1.807, 2.05) is 72.8 Å². The fraction of sp³-hybridized carbons (Fsp3) is 0.185. The zero-order valence-corrected chi connectivity index (χ0v) is 20.9. The second kappa shape index (κ2) is 11.3. The van der Waals surface area contributed by atoms with Gasteiger partial charge in [0.05, 0.1) is 31.0 Å². The molecule has 1 aliphatic heterocycles. The Hall–Kier alpha value is -3.55. The molecule has 8 heteroatoms. The molecule has 0 amide bonds. The fourth-order valence-electron chi connectivity index (χ4n) is 3.83. The van der Waals surface area contributed by atoms with Crippen LogP contribution in [0.25, 0.3) is 5.70 Å². The molecule has 0 fully saturated rings. The average molecular weight is 509 g/mol. The first-order chi connectivity index (χ1) is 17.0. The maximum absolute atomic E-state index is 13.1. The van der Waals surface area contributed by atoms with Crippen molar-refractivity contribution in [2.75, 3.05) is 13.7 Å². The van der Waals surface area contributed by atoms with E-state index in [1.54, 1.807) is 14.0 Å². The molecule has 0 saturated carbocycles. The molecule has 35 heavy (non-hydrogen) atoms. The van der Waals surface area contributed by atoms with Gasteiger partial charge < -0.3 is 24.8 Å². The summed E-state index contributed by atoms with van der Waals surface area (Å²) in [6.45, 7) is 2.31. The number of esters is 1. The van der Waals surface area contributed by atoms with Crippen molar-refractivity contribution in [3.8, 4) is 11.5 Å². The molecule has 1 atom stereocenters. The van der Waals surface area contributed by atoms with Crippen LogP contribution in [0.4, 0.5) is 0 Å². The van der Waals surface area contributed by atoms with Gasteiger partial charge in [-0.1, -0.05) is 66.2 Å². The Morgan fingerprint density at radius 2 is 1.77 bits per heavy atom.